The molecular formula is C84H94AgN12O20S2. The molecule has 14 aliphatic rings. The van der Waals surface area contributed by atoms with Gasteiger partial charge in [-0.1, -0.05) is 56.0 Å². The Bertz CT molecular complexity index is 5580. The summed E-state index contributed by atoms with van der Waals surface area (Å²) in [5.41, 5.74) is 24.3. The molecule has 0 unspecified atom stereocenters. The number of ether oxygens (including phenoxy) is 10. The molecule has 0 amide bonds. The van der Waals surface area contributed by atoms with Crippen LogP contribution in [0.25, 0.3) is 21.8 Å². The van der Waals surface area contributed by atoms with E-state index in [0.29, 0.717) is 124 Å². The molecule has 633 valence electrons. The Labute approximate surface area is 708 Å². The number of benzene rings is 6. The number of para-hydroxylation sites is 2. The van der Waals surface area contributed by atoms with E-state index in [2.05, 4.69) is 59.6 Å². The van der Waals surface area contributed by atoms with Crippen LogP contribution in [0, 0.1) is 49.1 Å². The summed E-state index contributed by atoms with van der Waals surface area (Å²) in [5, 5.41) is 69.9. The van der Waals surface area contributed by atoms with Gasteiger partial charge in [-0.3, -0.25) is 39.8 Å². The fourth-order valence-electron chi connectivity index (χ4n) is 21.6. The number of likely N-dealkylation sites (N-methyl/N-ethyl adjacent to an activating group) is 2. The van der Waals surface area contributed by atoms with Gasteiger partial charge in [-0.2, -0.15) is 5.26 Å². The molecule has 12 N–H and O–H groups in total. The molecule has 2 spiro atoms. The van der Waals surface area contributed by atoms with Crippen molar-refractivity contribution in [3.05, 3.63) is 160 Å². The molecule has 8 bridgehead atoms. The standard InChI is InChI=1S/C42H44N6O8S.C41H45N5O9S.CH4.Ag.HNO3/c1-18-10-21-11-26-27(14-44)48-28-15-53-41(51)42(40-24(12-22(13-43)46-42)23-8-6-7-9-25(23)45-40)16-57-39(33(48)32(47(26)4)29(21)34(50)35(18)52-5)31-30(28)38-37(54-17-55-38)19(2)36(31)56-20(3)49;1-17-10-20-11-25-39(49)46-26-14-52-40(50)41(38-23(12-21(13-42)44-41)22-8-6-7-9-24(22)43-38)15-56-37(31(46)30(45(25)4)27(20)32(48)33(17)51-5)29-28(26)36-35(53-16-54-36)18(2)34(29)55-19(3)47;;;2-1(3)4/h6-10,22,26-28,32-33,39,45-46,50H,11-13,15-17,43H2,1-5H3;6-10,21,25-26,30-31,37,39,43-44,48-49H,11-16,42H2,1-5H3;1H4;;(H,2,3,4)/t22-,26-,27-,28-,32+,33+,39+,42+;21-,25-,26-,30+,31+,37+,39-,41+;;;/m00.../s1. The number of nitrogens with two attached hydrogens (primary N) is 2. The molecule has 4 fully saturated rings. The van der Waals surface area contributed by atoms with Crippen LogP contribution in [0.4, 0.5) is 0 Å². The first-order valence-corrected chi connectivity index (χ1v) is 41.0. The summed E-state index contributed by atoms with van der Waals surface area (Å²) in [5.74, 6) is 1.89. The molecule has 35 heteroatoms. The molecule has 22 rings (SSSR count). The first kappa shape index (κ1) is 83.1. The van der Waals surface area contributed by atoms with E-state index in [1.165, 1.54) is 37.4 Å². The summed E-state index contributed by atoms with van der Waals surface area (Å²) >= 11 is 3.04. The van der Waals surface area contributed by atoms with Crippen LogP contribution in [-0.4, -0.2) is 207 Å². The van der Waals surface area contributed by atoms with Crippen LogP contribution in [0.15, 0.2) is 60.7 Å². The fourth-order valence-corrected chi connectivity index (χ4v) is 24.9. The molecule has 6 aromatic carbocycles. The van der Waals surface area contributed by atoms with E-state index in [9.17, 15) is 35.0 Å². The van der Waals surface area contributed by atoms with Gasteiger partial charge in [-0.25, -0.2) is 9.59 Å². The van der Waals surface area contributed by atoms with E-state index in [0.717, 1.165) is 72.1 Å². The molecule has 4 saturated heterocycles. The Hall–Kier alpha value is -9.55. The Morgan fingerprint density at radius 1 is 0.630 bits per heavy atom. The third kappa shape index (κ3) is 12.4. The molecule has 32 nitrogen and oxygen atoms in total. The second-order valence-corrected chi connectivity index (χ2v) is 34.4. The maximum Gasteiger partial charge on any atom is 0.333 e. The fraction of sp³-hybridized carbons (Fsp3) is 0.464. The SMILES string of the molecule is C.COc1c(C)cc2c(c1O)[C@@H]1[C@@H]3[C@@H]4SC[C@]5(N[C@H](CN)Cc6c5[nH]c5ccccc65)C(=O)OC[C@@H](c5c6c(c(C)c(OC(C)=O)c54)OCO6)N3[C@@H](C#N)[C@H](C2)N1C.COc1c(C)cc2c(c1O)[C@@H]1[C@@H]3[C@@H]4SC[C@]5(N[C@H](CN)Cc6c5[nH]c5ccccc65)C(=O)OC[C@@H](c5c6c(c(C)c(OC(C)=O)c54)OCO6)N3[C@@H](O)[C@H](C2)N1C.O=[N+]([O-])O.[Ag]. The Morgan fingerprint density at radius 2 is 1.03 bits per heavy atom. The summed E-state index contributed by atoms with van der Waals surface area (Å²) in [7, 11) is 7.09. The van der Waals surface area contributed by atoms with Crippen molar-refractivity contribution < 1.29 is 115 Å². The van der Waals surface area contributed by atoms with Gasteiger partial charge in [0.25, 0.3) is 5.09 Å². The number of hydrogen-bond donors (Lipinski definition) is 10. The van der Waals surface area contributed by atoms with Crippen LogP contribution < -0.4 is 60.0 Å². The number of fused-ring (bicyclic) bond motifs is 22. The zero-order valence-electron chi connectivity index (χ0n) is 66.1. The maximum absolute atomic E-state index is 15.0. The minimum atomic E-state index is -1.50. The van der Waals surface area contributed by atoms with Crippen LogP contribution >= 0.6 is 23.5 Å². The van der Waals surface area contributed by atoms with Crippen molar-refractivity contribution in [2.75, 3.05) is 79.7 Å². The summed E-state index contributed by atoms with van der Waals surface area (Å²) in [6.45, 7) is 10.4. The van der Waals surface area contributed by atoms with Gasteiger partial charge >= 0.3 is 23.9 Å². The molecule has 14 aliphatic heterocycles. The number of phenols is 2. The number of nitriles is 1. The summed E-state index contributed by atoms with van der Waals surface area (Å²) in [4.78, 5) is 80.2. The Morgan fingerprint density at radius 3 is 1.45 bits per heavy atom. The average molecular weight is 1760 g/mol. The Balaban J connectivity index is 0.000000167. The predicted octanol–water partition coefficient (Wildman–Crippen LogP) is 7.87. The number of hydrogen-bond acceptors (Lipinski definition) is 30. The van der Waals surface area contributed by atoms with Crippen LogP contribution in [0.2, 0.25) is 0 Å². The van der Waals surface area contributed by atoms with Crippen molar-refractivity contribution in [2.45, 2.75) is 169 Å². The minimum absolute atomic E-state index is 0. The number of nitrogens with one attached hydrogen (secondary N) is 4. The number of esters is 4. The van der Waals surface area contributed by atoms with Gasteiger partial charge in [-0.05, 0) is 113 Å². The quantitative estimate of drug-likeness (QED) is 0.0249. The minimum Gasteiger partial charge on any atom is -0.504 e. The number of aromatic amines is 2. The van der Waals surface area contributed by atoms with Crippen molar-refractivity contribution in [3.8, 4) is 63.6 Å². The number of carbonyl (C=O) groups excluding carboxylic acids is 4. The first-order valence-electron chi connectivity index (χ1n) is 38.9. The number of aromatic hydroxyl groups is 2. The average Bonchev–Trinajstić information content (AvgIpc) is 1.31. The first-order chi connectivity index (χ1) is 56.2. The maximum atomic E-state index is 15.0. The van der Waals surface area contributed by atoms with Crippen molar-refractivity contribution >= 4 is 69.2 Å². The molecule has 1 radical (unpaired) electrons. The van der Waals surface area contributed by atoms with E-state index < -0.39 is 99.1 Å². The second-order valence-electron chi connectivity index (χ2n) is 32.2. The number of methoxy groups -OCH3 is 2. The summed E-state index contributed by atoms with van der Waals surface area (Å²) in [6.07, 6.45) is 1.18. The smallest absolute Gasteiger partial charge is 0.333 e. The second kappa shape index (κ2) is 31.2. The number of H-pyrrole nitrogens is 2. The molecule has 0 saturated carbocycles. The van der Waals surface area contributed by atoms with Crippen LogP contribution in [0.1, 0.15) is 145 Å². The van der Waals surface area contributed by atoms with Crippen LogP contribution in [0.3, 0.4) is 0 Å². The number of aromatic nitrogens is 2. The van der Waals surface area contributed by atoms with Gasteiger partial charge in [0.2, 0.25) is 13.6 Å². The molecule has 8 aromatic rings. The third-order valence-electron chi connectivity index (χ3n) is 26.2. The zero-order chi connectivity index (χ0) is 82.2. The van der Waals surface area contributed by atoms with E-state index in [4.69, 9.17) is 74.2 Å². The van der Waals surface area contributed by atoms with Crippen molar-refractivity contribution in [1.82, 2.24) is 40.2 Å². The van der Waals surface area contributed by atoms with Gasteiger partial charge in [-0.15, -0.1) is 33.6 Å². The molecular weight excluding hydrogens is 1670 g/mol. The summed E-state index contributed by atoms with van der Waals surface area (Å²) in [6, 6.07) is 17.5. The number of carbonyl (C=O) groups is 4. The largest absolute Gasteiger partial charge is 0.504 e. The number of thioether (sulfide) groups is 2. The number of phenolic OH excluding ortho intramolecular Hbond substituents is 2. The number of aliphatic hydroxyl groups is 1. The van der Waals surface area contributed by atoms with E-state index in [-0.39, 0.29) is 104 Å². The van der Waals surface area contributed by atoms with Crippen LogP contribution in [-0.2, 0) is 87.8 Å². The van der Waals surface area contributed by atoms with Crippen LogP contribution in [0.5, 0.6) is 57.5 Å². The third-order valence-corrected chi connectivity index (χ3v) is 29.1. The van der Waals surface area contributed by atoms with E-state index in [1.54, 1.807) is 14.2 Å². The Kier molecular flexibility index (Phi) is 21.8. The zero-order valence-corrected chi connectivity index (χ0v) is 69.2. The number of nitrogens with zero attached hydrogens (tertiary/aromatic N) is 6. The van der Waals surface area contributed by atoms with E-state index in [1.807, 2.05) is 89.2 Å². The van der Waals surface area contributed by atoms with Gasteiger partial charge < -0.3 is 89.3 Å². The number of aliphatic hydroxyl groups excluding tert-OH is 1. The van der Waals surface area contributed by atoms with E-state index >= 15 is 4.79 Å². The molecule has 2 aromatic heterocycles. The number of aryl methyl sites for hydroxylation is 2. The van der Waals surface area contributed by atoms with Crippen molar-refractivity contribution in [1.29, 1.82) is 5.26 Å². The molecule has 16 atom stereocenters. The predicted molar refractivity (Wildman–Crippen MR) is 431 cm³/mol. The monoisotopic (exact) mass is 1760 g/mol. The molecule has 119 heavy (non-hydrogen) atoms. The molecule has 16 heterocycles. The van der Waals surface area contributed by atoms with Gasteiger partial charge in [0, 0.05) is 157 Å². The van der Waals surface area contributed by atoms with Crippen molar-refractivity contribution in [2.24, 2.45) is 11.5 Å². The summed E-state index contributed by atoms with van der Waals surface area (Å²) < 4.78 is 61.6. The topological polar surface area (TPSA) is 429 Å². The molecule has 0 aliphatic carbocycles. The number of rotatable bonds is 6. The van der Waals surface area contributed by atoms with Crippen molar-refractivity contribution in [3.63, 3.8) is 0 Å². The van der Waals surface area contributed by atoms with Gasteiger partial charge in [0.1, 0.15) is 37.0 Å². The number of piperazine rings is 2. The van der Waals surface area contributed by atoms with Gasteiger partial charge in [0.15, 0.2) is 57.1 Å². The normalized spacial score (nSPS) is 28.8. The van der Waals surface area contributed by atoms with Gasteiger partial charge in [0.05, 0.1) is 72.4 Å².